The van der Waals surface area contributed by atoms with Crippen LogP contribution in [0.1, 0.15) is 76.7 Å². The number of phenols is 1. The monoisotopic (exact) mass is 445 g/mol. The van der Waals surface area contributed by atoms with Crippen LogP contribution in [0.25, 0.3) is 0 Å². The van der Waals surface area contributed by atoms with Gasteiger partial charge >= 0.3 is 0 Å². The number of phenolic OH excluding ortho intramolecular Hbond substituents is 1. The van der Waals surface area contributed by atoms with Crippen LogP contribution >= 0.6 is 11.6 Å². The normalized spacial score (nSPS) is 11.3. The molecule has 0 unspecified atom stereocenters. The Morgan fingerprint density at radius 3 is 2.13 bits per heavy atom. The lowest BCUT2D eigenvalue weighted by molar-refractivity contribution is -0.384. The molecule has 1 N–H and O–H groups in total. The number of benzene rings is 2. The summed E-state index contributed by atoms with van der Waals surface area (Å²) < 4.78 is 0. The van der Waals surface area contributed by atoms with E-state index in [1.54, 1.807) is 12.1 Å². The van der Waals surface area contributed by atoms with E-state index in [4.69, 9.17) is 11.6 Å². The van der Waals surface area contributed by atoms with E-state index in [1.807, 2.05) is 6.07 Å². The first kappa shape index (κ1) is 24.8. The van der Waals surface area contributed by atoms with Crippen molar-refractivity contribution in [2.45, 2.75) is 77.6 Å². The van der Waals surface area contributed by atoms with Gasteiger partial charge < -0.3 is 5.11 Å². The van der Waals surface area contributed by atoms with E-state index in [-0.39, 0.29) is 22.1 Å². The van der Waals surface area contributed by atoms with Crippen LogP contribution in [0, 0.1) is 10.1 Å². The Morgan fingerprint density at radius 2 is 1.48 bits per heavy atom. The zero-order valence-electron chi connectivity index (χ0n) is 18.2. The number of nitro groups is 1. The highest BCUT2D eigenvalue weighted by Gasteiger charge is 2.14. The fraction of sp³-hybridized carbons (Fsp3) is 0.500. The largest absolute Gasteiger partial charge is 0.506 e. The molecule has 0 bridgehead atoms. The molecule has 2 aromatic carbocycles. The fourth-order valence-corrected chi connectivity index (χ4v) is 3.62. The van der Waals surface area contributed by atoms with Gasteiger partial charge in [-0.3, -0.25) is 10.1 Å². The van der Waals surface area contributed by atoms with E-state index >= 15 is 0 Å². The van der Waals surface area contributed by atoms with Gasteiger partial charge in [-0.2, -0.15) is 0 Å². The summed E-state index contributed by atoms with van der Waals surface area (Å²) in [4.78, 5) is 10.6. The van der Waals surface area contributed by atoms with Crippen LogP contribution in [0.4, 0.5) is 17.1 Å². The summed E-state index contributed by atoms with van der Waals surface area (Å²) in [5.41, 5.74) is 1.23. The Morgan fingerprint density at radius 1 is 0.871 bits per heavy atom. The molecule has 0 saturated carbocycles. The Kier molecular flexibility index (Phi) is 11.0. The predicted molar refractivity (Wildman–Crippen MR) is 126 cm³/mol. The van der Waals surface area contributed by atoms with Crippen LogP contribution in [-0.2, 0) is 6.42 Å². The molecule has 0 radical (unpaired) electrons. The molecule has 31 heavy (non-hydrogen) atoms. The van der Waals surface area contributed by atoms with Crippen molar-refractivity contribution in [3.63, 3.8) is 0 Å². The molecule has 6 nitrogen and oxygen atoms in total. The number of hydrogen-bond acceptors (Lipinski definition) is 5. The van der Waals surface area contributed by atoms with Gasteiger partial charge in [-0.05, 0) is 42.7 Å². The molecule has 168 valence electrons. The third kappa shape index (κ3) is 9.05. The third-order valence-electron chi connectivity index (χ3n) is 5.26. The number of rotatable bonds is 14. The van der Waals surface area contributed by atoms with Crippen molar-refractivity contribution in [2.75, 3.05) is 0 Å². The van der Waals surface area contributed by atoms with Crippen molar-refractivity contribution in [3.05, 3.63) is 57.1 Å². The van der Waals surface area contributed by atoms with Crippen molar-refractivity contribution >= 4 is 28.7 Å². The second-order valence-corrected chi connectivity index (χ2v) is 8.28. The zero-order chi connectivity index (χ0) is 22.5. The van der Waals surface area contributed by atoms with Crippen LogP contribution < -0.4 is 0 Å². The Balaban J connectivity index is 1.83. The van der Waals surface area contributed by atoms with Gasteiger partial charge in [0.25, 0.3) is 5.69 Å². The molecule has 0 aliphatic rings. The number of aromatic hydroxyl groups is 1. The number of halogens is 1. The number of hydrogen-bond donors (Lipinski definition) is 1. The van der Waals surface area contributed by atoms with Crippen molar-refractivity contribution in [3.8, 4) is 5.75 Å². The number of azo groups is 1. The molecular weight excluding hydrogens is 414 g/mol. The first-order valence-corrected chi connectivity index (χ1v) is 11.6. The number of nitrogens with zero attached hydrogens (tertiary/aromatic N) is 3. The average molecular weight is 446 g/mol. The van der Waals surface area contributed by atoms with Crippen molar-refractivity contribution in [2.24, 2.45) is 10.2 Å². The van der Waals surface area contributed by atoms with E-state index in [1.165, 1.54) is 76.0 Å². The maximum Gasteiger partial charge on any atom is 0.298 e. The van der Waals surface area contributed by atoms with E-state index < -0.39 is 4.92 Å². The molecule has 0 saturated heterocycles. The molecule has 7 heteroatoms. The van der Waals surface area contributed by atoms with Gasteiger partial charge in [-0.25, -0.2) is 0 Å². The van der Waals surface area contributed by atoms with Gasteiger partial charge in [0.1, 0.15) is 11.4 Å². The summed E-state index contributed by atoms with van der Waals surface area (Å²) in [5.74, 6) is -0.00723. The zero-order valence-corrected chi connectivity index (χ0v) is 19.0. The molecule has 2 rings (SSSR count). The van der Waals surface area contributed by atoms with Gasteiger partial charge in [0, 0.05) is 11.1 Å². The summed E-state index contributed by atoms with van der Waals surface area (Å²) >= 11 is 5.82. The van der Waals surface area contributed by atoms with Crippen LogP contribution in [0.3, 0.4) is 0 Å². The predicted octanol–water partition coefficient (Wildman–Crippen LogP) is 8.83. The lowest BCUT2D eigenvalue weighted by atomic mass is 10.0. The van der Waals surface area contributed by atoms with Gasteiger partial charge in [0.15, 0.2) is 5.69 Å². The number of unbranched alkanes of at least 4 members (excludes halogenated alkanes) is 9. The van der Waals surface area contributed by atoms with Crippen LogP contribution in [0.2, 0.25) is 5.02 Å². The quantitative estimate of drug-likeness (QED) is 0.136. The van der Waals surface area contributed by atoms with Crippen molar-refractivity contribution < 1.29 is 10.0 Å². The molecule has 2 aromatic rings. The average Bonchev–Trinajstić information content (AvgIpc) is 2.75. The minimum atomic E-state index is -0.554. The number of nitro benzene ring substituents is 1. The highest BCUT2D eigenvalue weighted by Crippen LogP contribution is 2.34. The molecule has 0 heterocycles. The van der Waals surface area contributed by atoms with Crippen molar-refractivity contribution in [1.82, 2.24) is 0 Å². The third-order valence-corrected chi connectivity index (χ3v) is 5.49. The highest BCUT2D eigenvalue weighted by molar-refractivity contribution is 6.30. The molecular formula is C24H32ClN3O3. The van der Waals surface area contributed by atoms with Gasteiger partial charge in [-0.1, -0.05) is 82.4 Å². The molecule has 0 aromatic heterocycles. The first-order chi connectivity index (χ1) is 15.0. The highest BCUT2D eigenvalue weighted by atomic mass is 35.5. The van der Waals surface area contributed by atoms with Gasteiger partial charge in [0.05, 0.1) is 4.92 Å². The Hall–Kier alpha value is -2.47. The van der Waals surface area contributed by atoms with Gasteiger partial charge in [0.2, 0.25) is 0 Å². The maximum absolute atomic E-state index is 11.2. The van der Waals surface area contributed by atoms with Crippen LogP contribution in [-0.4, -0.2) is 10.0 Å². The van der Waals surface area contributed by atoms with Crippen LogP contribution in [0.15, 0.2) is 46.6 Å². The maximum atomic E-state index is 11.2. The summed E-state index contributed by atoms with van der Waals surface area (Å²) in [6.45, 7) is 2.24. The lowest BCUT2D eigenvalue weighted by Gasteiger charge is -2.05. The molecule has 0 aliphatic heterocycles. The Bertz CT molecular complexity index is 871. The van der Waals surface area contributed by atoms with E-state index in [2.05, 4.69) is 17.2 Å². The molecule has 0 atom stereocenters. The summed E-state index contributed by atoms with van der Waals surface area (Å²) in [6.07, 6.45) is 13.7. The topological polar surface area (TPSA) is 88.1 Å². The minimum absolute atomic E-state index is 0.00723. The van der Waals surface area contributed by atoms with Crippen LogP contribution in [0.5, 0.6) is 5.75 Å². The standard InChI is InChI=1S/C24H32ClN3O3/c1-2-3-4-5-6-7-8-9-10-11-12-19-13-16-24(29)22(17-19)27-26-21-15-14-20(25)18-23(21)28(30)31/h13-18,29H,2-12H2,1H3. The SMILES string of the molecule is CCCCCCCCCCCCc1ccc(O)c(N=Nc2ccc(Cl)cc2[N+](=O)[O-])c1. The van der Waals surface area contributed by atoms with E-state index in [0.29, 0.717) is 5.69 Å². The van der Waals surface area contributed by atoms with E-state index in [9.17, 15) is 15.2 Å². The minimum Gasteiger partial charge on any atom is -0.506 e. The lowest BCUT2D eigenvalue weighted by Crippen LogP contribution is -1.88. The molecule has 0 amide bonds. The summed E-state index contributed by atoms with van der Waals surface area (Å²) in [7, 11) is 0. The Labute approximate surface area is 189 Å². The smallest absolute Gasteiger partial charge is 0.298 e. The fourth-order valence-electron chi connectivity index (χ4n) is 3.46. The molecule has 0 aliphatic carbocycles. The second-order valence-electron chi connectivity index (χ2n) is 7.85. The van der Waals surface area contributed by atoms with E-state index in [0.717, 1.165) is 18.4 Å². The van der Waals surface area contributed by atoms with Gasteiger partial charge in [-0.15, -0.1) is 10.2 Å². The summed E-state index contributed by atoms with van der Waals surface area (Å²) in [5, 5.41) is 29.5. The summed E-state index contributed by atoms with van der Waals surface area (Å²) in [6, 6.07) is 9.45. The molecule has 0 spiro atoms. The molecule has 0 fully saturated rings. The van der Waals surface area contributed by atoms with Crippen molar-refractivity contribution in [1.29, 1.82) is 0 Å². The first-order valence-electron chi connectivity index (χ1n) is 11.2. The second kappa shape index (κ2) is 13.8. The number of aryl methyl sites for hydroxylation is 1.